The topological polar surface area (TPSA) is 40.5 Å². The Morgan fingerprint density at radius 1 is 1.36 bits per heavy atom. The Morgan fingerprint density at radius 3 is 2.29 bits per heavy atom. The summed E-state index contributed by atoms with van der Waals surface area (Å²) < 4.78 is 0. The fourth-order valence-corrected chi connectivity index (χ4v) is 1.25. The van der Waals surface area contributed by atoms with E-state index in [1.165, 1.54) is 6.08 Å². The van der Waals surface area contributed by atoms with E-state index in [-0.39, 0.29) is 0 Å². The van der Waals surface area contributed by atoms with Crippen LogP contribution in [0.3, 0.4) is 0 Å². The van der Waals surface area contributed by atoms with Gasteiger partial charge >= 0.3 is 5.97 Å². The zero-order chi connectivity index (χ0) is 11.1. The number of rotatable bonds is 6. The molecule has 0 unspecified atom stereocenters. The van der Waals surface area contributed by atoms with Gasteiger partial charge in [0.1, 0.15) is 0 Å². The van der Waals surface area contributed by atoms with E-state index in [0.717, 1.165) is 6.54 Å². The second-order valence-corrected chi connectivity index (χ2v) is 4.18. The van der Waals surface area contributed by atoms with Gasteiger partial charge in [0.2, 0.25) is 0 Å². The van der Waals surface area contributed by atoms with Gasteiger partial charge in [-0.05, 0) is 19.8 Å². The van der Waals surface area contributed by atoms with Crippen molar-refractivity contribution in [1.29, 1.82) is 0 Å². The molecule has 0 saturated carbocycles. The number of hydrogen-bond acceptors (Lipinski definition) is 2. The molecular weight excluding hydrogens is 178 g/mol. The van der Waals surface area contributed by atoms with E-state index in [4.69, 9.17) is 5.11 Å². The van der Waals surface area contributed by atoms with Crippen molar-refractivity contribution in [3.63, 3.8) is 0 Å². The van der Waals surface area contributed by atoms with E-state index in [0.29, 0.717) is 18.5 Å². The highest BCUT2D eigenvalue weighted by Gasteiger charge is 2.08. The van der Waals surface area contributed by atoms with Gasteiger partial charge < -0.3 is 5.11 Å². The Kier molecular flexibility index (Phi) is 6.21. The maximum atomic E-state index is 10.3. The monoisotopic (exact) mass is 199 g/mol. The summed E-state index contributed by atoms with van der Waals surface area (Å²) in [5.74, 6) is -0.270. The lowest BCUT2D eigenvalue weighted by atomic mass is 10.2. The van der Waals surface area contributed by atoms with Gasteiger partial charge in [-0.1, -0.05) is 19.9 Å². The van der Waals surface area contributed by atoms with Crippen molar-refractivity contribution < 1.29 is 9.90 Å². The number of carboxylic acid groups (broad SMARTS) is 1. The molecule has 0 amide bonds. The Hall–Kier alpha value is -0.830. The summed E-state index contributed by atoms with van der Waals surface area (Å²) in [6.07, 6.45) is 2.90. The molecule has 3 nitrogen and oxygen atoms in total. The van der Waals surface area contributed by atoms with Crippen molar-refractivity contribution in [2.45, 2.75) is 33.7 Å². The SMILES string of the molecule is CC(C)CN(CC=CC(=O)O)C(C)C. The summed E-state index contributed by atoms with van der Waals surface area (Å²) in [4.78, 5) is 12.5. The van der Waals surface area contributed by atoms with Crippen molar-refractivity contribution in [3.8, 4) is 0 Å². The number of carbonyl (C=O) groups is 1. The molecular formula is C11H21NO2. The van der Waals surface area contributed by atoms with Gasteiger partial charge in [0.25, 0.3) is 0 Å². The van der Waals surface area contributed by atoms with Gasteiger partial charge in [0.05, 0.1) is 0 Å². The molecule has 0 atom stereocenters. The predicted octanol–water partition coefficient (Wildman–Crippen LogP) is 1.99. The second-order valence-electron chi connectivity index (χ2n) is 4.18. The highest BCUT2D eigenvalue weighted by atomic mass is 16.4. The summed E-state index contributed by atoms with van der Waals surface area (Å²) >= 11 is 0. The normalized spacial score (nSPS) is 12.2. The van der Waals surface area contributed by atoms with E-state index >= 15 is 0 Å². The van der Waals surface area contributed by atoms with Crippen molar-refractivity contribution in [2.24, 2.45) is 5.92 Å². The molecule has 0 radical (unpaired) electrons. The first-order valence-corrected chi connectivity index (χ1v) is 5.07. The molecule has 0 aromatic heterocycles. The van der Waals surface area contributed by atoms with Gasteiger partial charge in [-0.3, -0.25) is 4.90 Å². The van der Waals surface area contributed by atoms with Crippen LogP contribution in [-0.4, -0.2) is 35.1 Å². The van der Waals surface area contributed by atoms with E-state index in [2.05, 4.69) is 32.6 Å². The van der Waals surface area contributed by atoms with Crippen LogP contribution in [0.5, 0.6) is 0 Å². The van der Waals surface area contributed by atoms with Crippen LogP contribution in [0.4, 0.5) is 0 Å². The van der Waals surface area contributed by atoms with Crippen molar-refractivity contribution in [3.05, 3.63) is 12.2 Å². The molecule has 0 rings (SSSR count). The zero-order valence-corrected chi connectivity index (χ0v) is 9.53. The lowest BCUT2D eigenvalue weighted by Crippen LogP contribution is -2.34. The van der Waals surface area contributed by atoms with E-state index < -0.39 is 5.97 Å². The molecule has 0 aliphatic carbocycles. The fourth-order valence-electron chi connectivity index (χ4n) is 1.25. The molecule has 0 aromatic rings. The first-order chi connectivity index (χ1) is 6.43. The molecule has 0 heterocycles. The maximum absolute atomic E-state index is 10.3. The molecule has 0 bridgehead atoms. The Morgan fingerprint density at radius 2 is 1.93 bits per heavy atom. The average Bonchev–Trinajstić information content (AvgIpc) is 2.00. The van der Waals surface area contributed by atoms with Gasteiger partial charge in [0, 0.05) is 25.2 Å². The maximum Gasteiger partial charge on any atom is 0.328 e. The van der Waals surface area contributed by atoms with E-state index in [1.807, 2.05) is 0 Å². The summed E-state index contributed by atoms with van der Waals surface area (Å²) in [7, 11) is 0. The van der Waals surface area contributed by atoms with Crippen molar-refractivity contribution in [2.75, 3.05) is 13.1 Å². The van der Waals surface area contributed by atoms with E-state index in [9.17, 15) is 4.79 Å². The zero-order valence-electron chi connectivity index (χ0n) is 9.53. The molecule has 82 valence electrons. The van der Waals surface area contributed by atoms with Crippen LogP contribution in [-0.2, 0) is 4.79 Å². The largest absolute Gasteiger partial charge is 0.478 e. The van der Waals surface area contributed by atoms with Crippen molar-refractivity contribution in [1.82, 2.24) is 4.90 Å². The lowest BCUT2D eigenvalue weighted by Gasteiger charge is -2.26. The molecule has 0 saturated heterocycles. The first kappa shape index (κ1) is 13.2. The molecule has 14 heavy (non-hydrogen) atoms. The van der Waals surface area contributed by atoms with E-state index in [1.54, 1.807) is 6.08 Å². The fraction of sp³-hybridized carbons (Fsp3) is 0.727. The highest BCUT2D eigenvalue weighted by Crippen LogP contribution is 2.03. The van der Waals surface area contributed by atoms with Crippen LogP contribution in [0.25, 0.3) is 0 Å². The molecule has 0 spiro atoms. The molecule has 0 aliphatic rings. The summed E-state index contributed by atoms with van der Waals surface area (Å²) in [6.45, 7) is 10.3. The number of nitrogens with zero attached hydrogens (tertiary/aromatic N) is 1. The third-order valence-electron chi connectivity index (χ3n) is 1.93. The van der Waals surface area contributed by atoms with Crippen LogP contribution in [0, 0.1) is 5.92 Å². The number of hydrogen-bond donors (Lipinski definition) is 1. The van der Waals surface area contributed by atoms with Crippen LogP contribution < -0.4 is 0 Å². The number of carboxylic acids is 1. The minimum Gasteiger partial charge on any atom is -0.478 e. The molecule has 0 aromatic carbocycles. The molecule has 1 N–H and O–H groups in total. The van der Waals surface area contributed by atoms with Crippen molar-refractivity contribution >= 4 is 5.97 Å². The molecule has 0 fully saturated rings. The Labute approximate surface area is 86.4 Å². The number of aliphatic carboxylic acids is 1. The predicted molar refractivity (Wildman–Crippen MR) is 58.3 cm³/mol. The quantitative estimate of drug-likeness (QED) is 0.665. The average molecular weight is 199 g/mol. The van der Waals surface area contributed by atoms with Crippen LogP contribution in [0.1, 0.15) is 27.7 Å². The minimum atomic E-state index is -0.877. The smallest absolute Gasteiger partial charge is 0.328 e. The second kappa shape index (κ2) is 6.60. The lowest BCUT2D eigenvalue weighted by molar-refractivity contribution is -0.131. The Bertz CT molecular complexity index is 197. The highest BCUT2D eigenvalue weighted by molar-refractivity contribution is 5.79. The molecule has 0 aliphatic heterocycles. The van der Waals surface area contributed by atoms with Crippen LogP contribution in [0.15, 0.2) is 12.2 Å². The Balaban J connectivity index is 4.03. The van der Waals surface area contributed by atoms with Gasteiger partial charge in [-0.2, -0.15) is 0 Å². The van der Waals surface area contributed by atoms with Crippen LogP contribution in [0.2, 0.25) is 0 Å². The molecule has 3 heteroatoms. The summed E-state index contributed by atoms with van der Waals surface area (Å²) in [5.41, 5.74) is 0. The van der Waals surface area contributed by atoms with Crippen LogP contribution >= 0.6 is 0 Å². The van der Waals surface area contributed by atoms with Gasteiger partial charge in [-0.25, -0.2) is 4.79 Å². The van der Waals surface area contributed by atoms with Gasteiger partial charge in [0.15, 0.2) is 0 Å². The summed E-state index contributed by atoms with van der Waals surface area (Å²) in [5, 5.41) is 8.44. The minimum absolute atomic E-state index is 0.454. The standard InChI is InChI=1S/C11H21NO2/c1-9(2)8-12(10(3)4)7-5-6-11(13)14/h5-6,9-10H,7-8H2,1-4H3,(H,13,14). The summed E-state index contributed by atoms with van der Waals surface area (Å²) in [6, 6.07) is 0.454. The third-order valence-corrected chi connectivity index (χ3v) is 1.93. The third kappa shape index (κ3) is 6.66. The first-order valence-electron chi connectivity index (χ1n) is 5.07. The van der Waals surface area contributed by atoms with Gasteiger partial charge in [-0.15, -0.1) is 0 Å².